The lowest BCUT2D eigenvalue weighted by molar-refractivity contribution is -0.180. The van der Waals surface area contributed by atoms with Gasteiger partial charge in [-0.2, -0.15) is 0 Å². The molecule has 7 heteroatoms. The number of ether oxygens (including phenoxy) is 3. The number of hydrogen-bond acceptors (Lipinski definition) is 7. The molecule has 2 aliphatic carbocycles. The number of carbonyl (C=O) groups excluding carboxylic acids is 3. The third kappa shape index (κ3) is 4.91. The summed E-state index contributed by atoms with van der Waals surface area (Å²) in [5, 5.41) is 3.08. The molecule has 0 amide bonds. The molecule has 0 aromatic carbocycles. The first kappa shape index (κ1) is 25.6. The van der Waals surface area contributed by atoms with Crippen molar-refractivity contribution in [1.82, 2.24) is 5.32 Å². The highest BCUT2D eigenvalue weighted by Crippen LogP contribution is 2.60. The zero-order valence-electron chi connectivity index (χ0n) is 20.4. The van der Waals surface area contributed by atoms with Crippen LogP contribution in [0.2, 0.25) is 0 Å². The summed E-state index contributed by atoms with van der Waals surface area (Å²) in [7, 11) is 1.80. The van der Waals surface area contributed by atoms with E-state index >= 15 is 0 Å². The van der Waals surface area contributed by atoms with Gasteiger partial charge in [-0.3, -0.25) is 14.4 Å². The molecule has 0 spiro atoms. The van der Waals surface area contributed by atoms with Crippen LogP contribution in [0.3, 0.4) is 0 Å². The van der Waals surface area contributed by atoms with Gasteiger partial charge in [0.2, 0.25) is 0 Å². The van der Waals surface area contributed by atoms with E-state index in [1.165, 1.54) is 20.3 Å². The largest absolute Gasteiger partial charge is 0.462 e. The molecule has 0 aromatic heterocycles. The minimum atomic E-state index is -0.574. The minimum Gasteiger partial charge on any atom is -0.462 e. The van der Waals surface area contributed by atoms with Gasteiger partial charge in [0.1, 0.15) is 18.3 Å². The van der Waals surface area contributed by atoms with Gasteiger partial charge in [0.15, 0.2) is 0 Å². The molecular formula is C24H41NO6. The maximum Gasteiger partial charge on any atom is 0.311 e. The van der Waals surface area contributed by atoms with Crippen molar-refractivity contribution in [1.29, 1.82) is 0 Å². The lowest BCUT2D eigenvalue weighted by Gasteiger charge is -2.45. The average molecular weight is 440 g/mol. The lowest BCUT2D eigenvalue weighted by atomic mass is 9.65. The van der Waals surface area contributed by atoms with Crippen LogP contribution in [0.15, 0.2) is 0 Å². The van der Waals surface area contributed by atoms with Crippen molar-refractivity contribution in [2.24, 2.45) is 35.0 Å². The van der Waals surface area contributed by atoms with Crippen molar-refractivity contribution in [2.45, 2.75) is 86.0 Å². The normalized spacial score (nSPS) is 41.1. The second-order valence-electron chi connectivity index (χ2n) is 9.87. The van der Waals surface area contributed by atoms with E-state index in [0.29, 0.717) is 12.5 Å². The molecule has 1 aliphatic heterocycles. The van der Waals surface area contributed by atoms with Crippen LogP contribution >= 0.6 is 0 Å². The summed E-state index contributed by atoms with van der Waals surface area (Å²) in [5.74, 6) is -0.872. The summed E-state index contributed by atoms with van der Waals surface area (Å²) in [6.07, 6.45) is 1.50. The fourth-order valence-electron chi connectivity index (χ4n) is 6.58. The number of rotatable bonds is 4. The van der Waals surface area contributed by atoms with Crippen LogP contribution in [0.5, 0.6) is 0 Å². The highest BCUT2D eigenvalue weighted by atomic mass is 16.6. The maximum atomic E-state index is 12.6. The number of hydrogen-bond donors (Lipinski definition) is 1. The van der Waals surface area contributed by atoms with Crippen molar-refractivity contribution in [2.75, 3.05) is 13.6 Å². The molecule has 0 bridgehead atoms. The Morgan fingerprint density at radius 1 is 1.10 bits per heavy atom. The van der Waals surface area contributed by atoms with Crippen LogP contribution in [0.25, 0.3) is 0 Å². The maximum absolute atomic E-state index is 12.6. The topological polar surface area (TPSA) is 90.9 Å². The van der Waals surface area contributed by atoms with E-state index < -0.39 is 17.4 Å². The van der Waals surface area contributed by atoms with Crippen molar-refractivity contribution in [3.8, 4) is 0 Å². The lowest BCUT2D eigenvalue weighted by Crippen LogP contribution is -2.53. The van der Waals surface area contributed by atoms with Crippen LogP contribution in [0, 0.1) is 35.0 Å². The minimum absolute atomic E-state index is 0.195. The molecule has 2 saturated carbocycles. The van der Waals surface area contributed by atoms with Gasteiger partial charge in [0, 0.05) is 31.7 Å². The van der Waals surface area contributed by atoms with Crippen molar-refractivity contribution in [3.05, 3.63) is 0 Å². The molecule has 9 atom stereocenters. The molecule has 31 heavy (non-hydrogen) atoms. The van der Waals surface area contributed by atoms with Gasteiger partial charge in [-0.05, 0) is 37.6 Å². The summed E-state index contributed by atoms with van der Waals surface area (Å²) in [5.41, 5.74) is -0.574. The van der Waals surface area contributed by atoms with Gasteiger partial charge >= 0.3 is 17.9 Å². The van der Waals surface area contributed by atoms with Gasteiger partial charge in [0.05, 0.1) is 5.92 Å². The predicted molar refractivity (Wildman–Crippen MR) is 117 cm³/mol. The molecule has 0 unspecified atom stereocenters. The highest BCUT2D eigenvalue weighted by molar-refractivity contribution is 5.76. The van der Waals surface area contributed by atoms with E-state index in [0.717, 1.165) is 12.8 Å². The number of fused-ring (bicyclic) bond motifs is 2. The van der Waals surface area contributed by atoms with Crippen LogP contribution in [0.4, 0.5) is 0 Å². The quantitative estimate of drug-likeness (QED) is 0.531. The van der Waals surface area contributed by atoms with Gasteiger partial charge in [-0.25, -0.2) is 0 Å². The average Bonchev–Trinajstić information content (AvgIpc) is 3.04. The Labute approximate surface area is 186 Å². The Hall–Kier alpha value is -1.63. The number of carbonyl (C=O) groups is 3. The number of esters is 3. The zero-order valence-corrected chi connectivity index (χ0v) is 20.4. The smallest absolute Gasteiger partial charge is 0.311 e. The summed E-state index contributed by atoms with van der Waals surface area (Å²) in [6, 6.07) is 0. The van der Waals surface area contributed by atoms with E-state index in [1.807, 2.05) is 0 Å². The second kappa shape index (κ2) is 10.3. The molecule has 0 aromatic rings. The SMILES string of the molecule is CCC.CNC[C@H]1C(=O)O[C@H]2C[C@@H](C)[C@@H]3[C@@H](C)C[C@H](OC(C)=O)[C@@]3(C)[C@@H](OC(C)=O)[C@@H]21. The van der Waals surface area contributed by atoms with Gasteiger partial charge in [-0.1, -0.05) is 41.0 Å². The molecule has 3 rings (SSSR count). The van der Waals surface area contributed by atoms with Gasteiger partial charge < -0.3 is 19.5 Å². The Balaban J connectivity index is 0.00000107. The predicted octanol–water partition coefficient (Wildman–Crippen LogP) is 3.35. The van der Waals surface area contributed by atoms with E-state index in [-0.39, 0.29) is 47.9 Å². The third-order valence-electron chi connectivity index (χ3n) is 7.28. The molecular weight excluding hydrogens is 398 g/mol. The first-order chi connectivity index (χ1) is 14.5. The molecule has 1 saturated heterocycles. The second-order valence-corrected chi connectivity index (χ2v) is 9.87. The fourth-order valence-corrected chi connectivity index (χ4v) is 6.58. The van der Waals surface area contributed by atoms with Crippen molar-refractivity contribution < 1.29 is 28.6 Å². The third-order valence-corrected chi connectivity index (χ3v) is 7.28. The van der Waals surface area contributed by atoms with E-state index in [2.05, 4.69) is 39.9 Å². The van der Waals surface area contributed by atoms with Crippen molar-refractivity contribution >= 4 is 17.9 Å². The molecule has 7 nitrogen and oxygen atoms in total. The van der Waals surface area contributed by atoms with E-state index in [1.54, 1.807) is 7.05 Å². The Kier molecular flexibility index (Phi) is 8.54. The molecule has 1 N–H and O–H groups in total. The fraction of sp³-hybridized carbons (Fsp3) is 0.875. The summed E-state index contributed by atoms with van der Waals surface area (Å²) < 4.78 is 17.5. The summed E-state index contributed by atoms with van der Waals surface area (Å²) in [6.45, 7) is 13.9. The van der Waals surface area contributed by atoms with Crippen LogP contribution in [0.1, 0.15) is 67.7 Å². The first-order valence-electron chi connectivity index (χ1n) is 11.7. The molecule has 1 heterocycles. The molecule has 0 radical (unpaired) electrons. The molecule has 3 aliphatic rings. The Morgan fingerprint density at radius 2 is 1.65 bits per heavy atom. The summed E-state index contributed by atoms with van der Waals surface area (Å²) in [4.78, 5) is 36.6. The van der Waals surface area contributed by atoms with E-state index in [4.69, 9.17) is 14.2 Å². The van der Waals surface area contributed by atoms with Crippen molar-refractivity contribution in [3.63, 3.8) is 0 Å². The van der Waals surface area contributed by atoms with Crippen LogP contribution in [-0.4, -0.2) is 49.8 Å². The Bertz CT molecular complexity index is 666. The molecule has 178 valence electrons. The highest BCUT2D eigenvalue weighted by Gasteiger charge is 2.66. The van der Waals surface area contributed by atoms with E-state index in [9.17, 15) is 14.4 Å². The summed E-state index contributed by atoms with van der Waals surface area (Å²) >= 11 is 0. The van der Waals surface area contributed by atoms with Gasteiger partial charge in [-0.15, -0.1) is 0 Å². The monoisotopic (exact) mass is 439 g/mol. The first-order valence-corrected chi connectivity index (χ1v) is 11.7. The Morgan fingerprint density at radius 3 is 2.16 bits per heavy atom. The zero-order chi connectivity index (χ0) is 23.5. The van der Waals surface area contributed by atoms with Gasteiger partial charge in [0.25, 0.3) is 0 Å². The standard InChI is InChI=1S/C21H33NO6.C3H8/c1-10-7-15-17(14(9-22-6)20(25)28-15)19(27-13(4)24)21(5)16(26-12(3)23)8-11(2)18(10)21;1-3-2/h10-11,14-19,22H,7-9H2,1-6H3;3H2,1-2H3/t10-,11+,14-,15+,16+,17-,18-,19+,21-;/m1./s1. The van der Waals surface area contributed by atoms with Crippen LogP contribution < -0.4 is 5.32 Å². The number of nitrogens with one attached hydrogen (secondary N) is 1. The van der Waals surface area contributed by atoms with Crippen LogP contribution in [-0.2, 0) is 28.6 Å². The molecule has 3 fully saturated rings.